The van der Waals surface area contributed by atoms with Crippen molar-refractivity contribution in [1.29, 1.82) is 0 Å². The van der Waals surface area contributed by atoms with Gasteiger partial charge >= 0.3 is 0 Å². The molecule has 102 valence electrons. The largest absolute Gasteiger partial charge is 0.497 e. The van der Waals surface area contributed by atoms with Crippen LogP contribution in [0.4, 0.5) is 0 Å². The van der Waals surface area contributed by atoms with Gasteiger partial charge in [0.15, 0.2) is 0 Å². The average molecular weight is 267 g/mol. The Bertz CT molecular complexity index is 757. The zero-order valence-corrected chi connectivity index (χ0v) is 11.9. The van der Waals surface area contributed by atoms with Crippen LogP contribution < -0.4 is 4.74 Å². The quantitative estimate of drug-likeness (QED) is 0.795. The van der Waals surface area contributed by atoms with Crippen LogP contribution in [-0.2, 0) is 7.05 Å². The summed E-state index contributed by atoms with van der Waals surface area (Å²) in [5.74, 6) is 1.24. The summed E-state index contributed by atoms with van der Waals surface area (Å²) in [7, 11) is 5.87. The number of aromatic nitrogens is 1. The van der Waals surface area contributed by atoms with E-state index in [1.54, 1.807) is 7.11 Å². The molecule has 0 fully saturated rings. The lowest BCUT2D eigenvalue weighted by Crippen LogP contribution is -2.29. The van der Waals surface area contributed by atoms with Crippen molar-refractivity contribution >= 4 is 23.2 Å². The number of methoxy groups -OCH3 is 1. The second kappa shape index (κ2) is 3.88. The van der Waals surface area contributed by atoms with Gasteiger partial charge in [-0.2, -0.15) is 5.10 Å². The van der Waals surface area contributed by atoms with Gasteiger partial charge in [-0.1, -0.05) is 12.2 Å². The SMILES string of the molecule is COc1ccc2c(c1)c1c(n2C)C2C=NN(C)C2C=C1. The molecular weight excluding hydrogens is 250 g/mol. The molecule has 2 atom stereocenters. The molecule has 0 saturated heterocycles. The normalized spacial score (nSPS) is 23.2. The molecule has 4 heteroatoms. The second-order valence-corrected chi connectivity index (χ2v) is 5.45. The zero-order chi connectivity index (χ0) is 13.9. The molecule has 2 aromatic rings. The van der Waals surface area contributed by atoms with E-state index in [4.69, 9.17) is 4.74 Å². The Kier molecular flexibility index (Phi) is 2.25. The molecule has 0 bridgehead atoms. The van der Waals surface area contributed by atoms with E-state index in [9.17, 15) is 0 Å². The molecule has 0 radical (unpaired) electrons. The number of fused-ring (bicyclic) bond motifs is 5. The maximum Gasteiger partial charge on any atom is 0.119 e. The van der Waals surface area contributed by atoms with Crippen molar-refractivity contribution in [3.63, 3.8) is 0 Å². The summed E-state index contributed by atoms with van der Waals surface area (Å²) in [5, 5.41) is 7.72. The molecule has 4 nitrogen and oxygen atoms in total. The van der Waals surface area contributed by atoms with Crippen LogP contribution in [0.15, 0.2) is 29.4 Å². The van der Waals surface area contributed by atoms with E-state index in [0.717, 1.165) is 5.75 Å². The number of likely N-dealkylation sites (N-methyl/N-ethyl adjacent to an activating group) is 1. The molecule has 1 aromatic carbocycles. The fourth-order valence-electron chi connectivity index (χ4n) is 3.42. The van der Waals surface area contributed by atoms with Crippen LogP contribution in [0.5, 0.6) is 5.75 Å². The molecule has 0 amide bonds. The molecule has 0 saturated carbocycles. The smallest absolute Gasteiger partial charge is 0.119 e. The molecule has 1 aromatic heterocycles. The highest BCUT2D eigenvalue weighted by atomic mass is 16.5. The van der Waals surface area contributed by atoms with Gasteiger partial charge in [0.2, 0.25) is 0 Å². The minimum Gasteiger partial charge on any atom is -0.497 e. The number of benzene rings is 1. The monoisotopic (exact) mass is 267 g/mol. The van der Waals surface area contributed by atoms with Crippen molar-refractivity contribution in [3.05, 3.63) is 35.5 Å². The third kappa shape index (κ3) is 1.33. The number of aryl methyl sites for hydroxylation is 1. The highest BCUT2D eigenvalue weighted by Crippen LogP contribution is 2.40. The van der Waals surface area contributed by atoms with E-state index in [0.29, 0.717) is 12.0 Å². The molecule has 1 aliphatic carbocycles. The van der Waals surface area contributed by atoms with Crippen LogP contribution in [0.25, 0.3) is 17.0 Å². The van der Waals surface area contributed by atoms with E-state index in [1.165, 1.54) is 22.2 Å². The van der Waals surface area contributed by atoms with Gasteiger partial charge < -0.3 is 9.30 Å². The molecule has 2 heterocycles. The van der Waals surface area contributed by atoms with E-state index < -0.39 is 0 Å². The van der Waals surface area contributed by atoms with Gasteiger partial charge in [-0.3, -0.25) is 5.01 Å². The van der Waals surface area contributed by atoms with Crippen molar-refractivity contribution in [1.82, 2.24) is 9.58 Å². The standard InChI is InChI=1S/C16H17N3O/c1-18-14-6-4-10(20-3)8-12(14)11-5-7-15-13(16(11)18)9-17-19(15)2/h4-9,13,15H,1-3H3. The highest BCUT2D eigenvalue weighted by molar-refractivity contribution is 5.95. The third-order valence-corrected chi connectivity index (χ3v) is 4.48. The third-order valence-electron chi connectivity index (χ3n) is 4.48. The average Bonchev–Trinajstić information content (AvgIpc) is 2.98. The molecule has 0 N–H and O–H groups in total. The summed E-state index contributed by atoms with van der Waals surface area (Å²) in [6, 6.07) is 6.61. The number of rotatable bonds is 1. The van der Waals surface area contributed by atoms with Crippen LogP contribution in [0.3, 0.4) is 0 Å². The van der Waals surface area contributed by atoms with Gasteiger partial charge in [-0.05, 0) is 18.2 Å². The number of nitrogens with zero attached hydrogens (tertiary/aromatic N) is 3. The first kappa shape index (κ1) is 11.6. The van der Waals surface area contributed by atoms with Crippen LogP contribution in [0.2, 0.25) is 0 Å². The molecule has 1 aliphatic heterocycles. The van der Waals surface area contributed by atoms with Gasteiger partial charge in [0.1, 0.15) is 5.75 Å². The number of hydrogen-bond donors (Lipinski definition) is 0. The summed E-state index contributed by atoms with van der Waals surface area (Å²) in [4.78, 5) is 0. The minimum atomic E-state index is 0.336. The van der Waals surface area contributed by atoms with Crippen LogP contribution in [0, 0.1) is 0 Å². The summed E-state index contributed by atoms with van der Waals surface area (Å²) >= 11 is 0. The molecule has 2 unspecified atom stereocenters. The molecule has 2 aliphatic rings. The summed E-state index contributed by atoms with van der Waals surface area (Å²) < 4.78 is 7.65. The Morgan fingerprint density at radius 1 is 1.25 bits per heavy atom. The van der Waals surface area contributed by atoms with Crippen molar-refractivity contribution in [2.24, 2.45) is 12.1 Å². The topological polar surface area (TPSA) is 29.8 Å². The summed E-state index contributed by atoms with van der Waals surface area (Å²) in [6.45, 7) is 0. The first-order valence-corrected chi connectivity index (χ1v) is 6.82. The van der Waals surface area contributed by atoms with Gasteiger partial charge in [-0.15, -0.1) is 0 Å². The van der Waals surface area contributed by atoms with Gasteiger partial charge in [0, 0.05) is 42.5 Å². The lowest BCUT2D eigenvalue weighted by atomic mass is 9.89. The van der Waals surface area contributed by atoms with Gasteiger partial charge in [-0.25, -0.2) is 0 Å². The first-order chi connectivity index (χ1) is 9.70. The Morgan fingerprint density at radius 2 is 2.10 bits per heavy atom. The molecule has 4 rings (SSSR count). The number of hydrazone groups is 1. The lowest BCUT2D eigenvalue weighted by molar-refractivity contribution is 0.312. The highest BCUT2D eigenvalue weighted by Gasteiger charge is 2.35. The summed E-state index contributed by atoms with van der Waals surface area (Å²) in [6.07, 6.45) is 6.53. The predicted molar refractivity (Wildman–Crippen MR) is 81.3 cm³/mol. The van der Waals surface area contributed by atoms with Crippen LogP contribution in [-0.4, -0.2) is 36.0 Å². The van der Waals surface area contributed by atoms with Crippen LogP contribution >= 0.6 is 0 Å². The van der Waals surface area contributed by atoms with E-state index in [-0.39, 0.29) is 0 Å². The molecule has 20 heavy (non-hydrogen) atoms. The maximum atomic E-state index is 5.36. The van der Waals surface area contributed by atoms with Crippen molar-refractivity contribution < 1.29 is 4.74 Å². The second-order valence-electron chi connectivity index (χ2n) is 5.45. The lowest BCUT2D eigenvalue weighted by Gasteiger charge is -2.25. The van der Waals surface area contributed by atoms with E-state index in [2.05, 4.69) is 47.2 Å². The number of ether oxygens (including phenoxy) is 1. The Morgan fingerprint density at radius 3 is 2.90 bits per heavy atom. The van der Waals surface area contributed by atoms with Crippen LogP contribution in [0.1, 0.15) is 17.2 Å². The van der Waals surface area contributed by atoms with Gasteiger partial charge in [0.25, 0.3) is 0 Å². The molecule has 0 spiro atoms. The van der Waals surface area contributed by atoms with Crippen molar-refractivity contribution in [3.8, 4) is 5.75 Å². The minimum absolute atomic E-state index is 0.336. The van der Waals surface area contributed by atoms with Gasteiger partial charge in [0.05, 0.1) is 19.1 Å². The van der Waals surface area contributed by atoms with Crippen molar-refractivity contribution in [2.75, 3.05) is 14.2 Å². The fraction of sp³-hybridized carbons (Fsp3) is 0.312. The Balaban J connectivity index is 2.00. The first-order valence-electron chi connectivity index (χ1n) is 6.82. The van der Waals surface area contributed by atoms with E-state index >= 15 is 0 Å². The van der Waals surface area contributed by atoms with E-state index in [1.807, 2.05) is 18.1 Å². The summed E-state index contributed by atoms with van der Waals surface area (Å²) in [5.41, 5.74) is 3.88. The zero-order valence-electron chi connectivity index (χ0n) is 11.9. The molecular formula is C16H17N3O. The maximum absolute atomic E-state index is 5.36. The number of hydrogen-bond acceptors (Lipinski definition) is 3. The Hall–Kier alpha value is -2.23. The fourth-order valence-corrected chi connectivity index (χ4v) is 3.42. The predicted octanol–water partition coefficient (Wildman–Crippen LogP) is 2.60. The Labute approximate surface area is 117 Å². The van der Waals surface area contributed by atoms with Crippen molar-refractivity contribution in [2.45, 2.75) is 12.0 Å².